The maximum absolute atomic E-state index is 13.3. The van der Waals surface area contributed by atoms with Gasteiger partial charge in [0.15, 0.2) is 11.3 Å². The van der Waals surface area contributed by atoms with Crippen molar-refractivity contribution in [2.75, 3.05) is 18.4 Å². The van der Waals surface area contributed by atoms with E-state index < -0.39 is 0 Å². The fourth-order valence-electron chi connectivity index (χ4n) is 4.77. The van der Waals surface area contributed by atoms with Crippen LogP contribution in [0.3, 0.4) is 0 Å². The first-order chi connectivity index (χ1) is 22.0. The van der Waals surface area contributed by atoms with Crippen LogP contribution in [0.4, 0.5) is 5.82 Å². The average molecular weight is 677 g/mol. The summed E-state index contributed by atoms with van der Waals surface area (Å²) >= 11 is 3.58. The molecule has 1 saturated heterocycles. The van der Waals surface area contributed by atoms with Crippen molar-refractivity contribution in [2.24, 2.45) is 0 Å². The minimum atomic E-state index is -0.0797. The van der Waals surface area contributed by atoms with Crippen LogP contribution >= 0.6 is 15.9 Å². The van der Waals surface area contributed by atoms with Crippen molar-refractivity contribution in [3.63, 3.8) is 0 Å². The summed E-state index contributed by atoms with van der Waals surface area (Å²) in [7, 11) is 0. The van der Waals surface area contributed by atoms with Gasteiger partial charge in [-0.1, -0.05) is 72.2 Å². The number of aromatic nitrogens is 7. The molecule has 1 amide bonds. The number of likely N-dealkylation sites (tertiary alicyclic amines) is 1. The first kappa shape index (κ1) is 35.4. The van der Waals surface area contributed by atoms with Gasteiger partial charge in [-0.2, -0.15) is 19.5 Å². The van der Waals surface area contributed by atoms with Crippen LogP contribution in [0.15, 0.2) is 71.6 Å². The van der Waals surface area contributed by atoms with E-state index in [4.69, 9.17) is 4.98 Å². The average Bonchev–Trinajstić information content (AvgIpc) is 3.68. The lowest BCUT2D eigenvalue weighted by molar-refractivity contribution is 0.0705. The number of anilines is 1. The molecule has 0 aliphatic carbocycles. The Bertz CT molecular complexity index is 1590. The van der Waals surface area contributed by atoms with E-state index in [1.54, 1.807) is 16.9 Å². The van der Waals surface area contributed by atoms with Gasteiger partial charge < -0.3 is 10.2 Å². The zero-order valence-electron chi connectivity index (χ0n) is 27.5. The molecule has 11 heteroatoms. The van der Waals surface area contributed by atoms with E-state index in [0.717, 1.165) is 45.7 Å². The molecule has 4 aromatic heterocycles. The van der Waals surface area contributed by atoms with Gasteiger partial charge in [-0.05, 0) is 59.5 Å². The second kappa shape index (κ2) is 18.0. The standard InChI is InChI=1S/C27H26BrN9O.C3H8.2C2H6/c1-18-25(34-37(33-18)21-7-3-2-4-8-21)27(38)35-12-9-20(10-13-35)23-14-24(30-16-19-6-5-11-29-15-19)36-26(32-23)22(28)17-31-36;1-3-2;2*1-2/h2-8,11,14-15,17,20,30H,9-10,12-13,16H2,1H3;3H2,1-2H3;2*1-2H3. The first-order valence-electron chi connectivity index (χ1n) is 15.9. The number of halogens is 1. The number of benzene rings is 1. The fourth-order valence-corrected chi connectivity index (χ4v) is 5.11. The molecule has 10 nitrogen and oxygen atoms in total. The number of hydrogen-bond acceptors (Lipinski definition) is 7. The van der Waals surface area contributed by atoms with E-state index in [2.05, 4.69) is 61.4 Å². The van der Waals surface area contributed by atoms with Crippen LogP contribution in [0.25, 0.3) is 11.3 Å². The van der Waals surface area contributed by atoms with Crippen LogP contribution in [-0.2, 0) is 6.54 Å². The Labute approximate surface area is 275 Å². The number of hydrogen-bond donors (Lipinski definition) is 1. The highest BCUT2D eigenvalue weighted by Gasteiger charge is 2.29. The van der Waals surface area contributed by atoms with Crippen molar-refractivity contribution in [3.8, 4) is 5.69 Å². The number of nitrogens with one attached hydrogen (secondary N) is 1. The number of aryl methyl sites for hydroxylation is 1. The summed E-state index contributed by atoms with van der Waals surface area (Å²) in [5.41, 5.74) is 4.69. The number of rotatable bonds is 6. The van der Waals surface area contributed by atoms with Crippen molar-refractivity contribution < 1.29 is 4.79 Å². The highest BCUT2D eigenvalue weighted by Crippen LogP contribution is 2.31. The summed E-state index contributed by atoms with van der Waals surface area (Å²) in [5, 5.41) is 16.9. The molecule has 0 atom stereocenters. The SMILES string of the molecule is CC.CC.CCC.Cc1nn(-c2ccccc2)nc1C(=O)N1CCC(c2cc(NCc3cccnc3)n3ncc(Br)c3n2)CC1. The van der Waals surface area contributed by atoms with Gasteiger partial charge in [0.25, 0.3) is 5.91 Å². The Morgan fingerprint density at radius 3 is 2.31 bits per heavy atom. The molecule has 45 heavy (non-hydrogen) atoms. The summed E-state index contributed by atoms with van der Waals surface area (Å²) in [4.78, 5) is 25.8. The van der Waals surface area contributed by atoms with Crippen LogP contribution in [0, 0.1) is 6.92 Å². The van der Waals surface area contributed by atoms with Gasteiger partial charge in [-0.15, -0.1) is 5.10 Å². The second-order valence-electron chi connectivity index (χ2n) is 10.0. The van der Waals surface area contributed by atoms with Crippen LogP contribution < -0.4 is 5.32 Å². The zero-order valence-corrected chi connectivity index (χ0v) is 29.1. The molecule has 1 N–H and O–H groups in total. The Morgan fingerprint density at radius 2 is 1.67 bits per heavy atom. The van der Waals surface area contributed by atoms with Gasteiger partial charge in [-0.25, -0.2) is 4.98 Å². The normalized spacial score (nSPS) is 12.7. The van der Waals surface area contributed by atoms with Crippen LogP contribution in [0.5, 0.6) is 0 Å². The molecule has 1 aliphatic rings. The number of nitrogens with zero attached hydrogens (tertiary/aromatic N) is 8. The smallest absolute Gasteiger partial charge is 0.276 e. The van der Waals surface area contributed by atoms with Crippen molar-refractivity contribution in [1.29, 1.82) is 0 Å². The lowest BCUT2D eigenvalue weighted by atomic mass is 9.93. The van der Waals surface area contributed by atoms with Gasteiger partial charge in [-0.3, -0.25) is 9.78 Å². The van der Waals surface area contributed by atoms with Gasteiger partial charge >= 0.3 is 0 Å². The third-order valence-corrected chi connectivity index (χ3v) is 7.38. The minimum Gasteiger partial charge on any atom is -0.366 e. The minimum absolute atomic E-state index is 0.0797. The predicted octanol–water partition coefficient (Wildman–Crippen LogP) is 7.88. The Hall–Kier alpha value is -4.12. The fraction of sp³-hybridized carbons (Fsp3) is 0.412. The number of pyridine rings is 1. The van der Waals surface area contributed by atoms with Crippen LogP contribution in [0.1, 0.15) is 94.2 Å². The number of carbonyl (C=O) groups is 1. The van der Waals surface area contributed by atoms with Gasteiger partial charge in [0, 0.05) is 49.7 Å². The third kappa shape index (κ3) is 8.97. The van der Waals surface area contributed by atoms with Crippen molar-refractivity contribution >= 4 is 33.3 Å². The summed E-state index contributed by atoms with van der Waals surface area (Å²) < 4.78 is 2.65. The molecule has 6 rings (SSSR count). The maximum atomic E-state index is 13.3. The molecule has 0 saturated carbocycles. The monoisotopic (exact) mass is 675 g/mol. The molecule has 5 aromatic rings. The van der Waals surface area contributed by atoms with Crippen LogP contribution in [0.2, 0.25) is 0 Å². The molecule has 1 aromatic carbocycles. The van der Waals surface area contributed by atoms with E-state index >= 15 is 0 Å². The van der Waals surface area contributed by atoms with Crippen molar-refractivity contribution in [2.45, 2.75) is 80.2 Å². The van der Waals surface area contributed by atoms with E-state index in [1.807, 2.05) is 88.2 Å². The number of piperidine rings is 1. The Morgan fingerprint density at radius 1 is 0.978 bits per heavy atom. The number of para-hydroxylation sites is 1. The molecule has 0 spiro atoms. The molecule has 0 radical (unpaired) electrons. The molecular formula is C34H46BrN9O. The maximum Gasteiger partial charge on any atom is 0.276 e. The molecule has 0 unspecified atom stereocenters. The van der Waals surface area contributed by atoms with Crippen LogP contribution in [-0.4, -0.2) is 58.5 Å². The van der Waals surface area contributed by atoms with E-state index in [1.165, 1.54) is 11.2 Å². The zero-order chi connectivity index (χ0) is 32.8. The molecule has 5 heterocycles. The molecular weight excluding hydrogens is 630 g/mol. The predicted molar refractivity (Wildman–Crippen MR) is 185 cm³/mol. The van der Waals surface area contributed by atoms with E-state index in [0.29, 0.717) is 31.0 Å². The second-order valence-corrected chi connectivity index (χ2v) is 10.9. The summed E-state index contributed by atoms with van der Waals surface area (Å²) in [5.74, 6) is 1.01. The lowest BCUT2D eigenvalue weighted by Crippen LogP contribution is -2.38. The van der Waals surface area contributed by atoms with Gasteiger partial charge in [0.1, 0.15) is 5.82 Å². The number of fused-ring (bicyclic) bond motifs is 1. The number of carbonyl (C=O) groups excluding carboxylic acids is 1. The molecule has 240 valence electrons. The summed E-state index contributed by atoms with van der Waals surface area (Å²) in [6.07, 6.45) is 8.25. The highest BCUT2D eigenvalue weighted by molar-refractivity contribution is 9.10. The third-order valence-electron chi connectivity index (χ3n) is 6.82. The first-order valence-corrected chi connectivity index (χ1v) is 16.7. The number of amides is 1. The van der Waals surface area contributed by atoms with Gasteiger partial charge in [0.2, 0.25) is 0 Å². The Kier molecular flexibility index (Phi) is 14.1. The topological polar surface area (TPSA) is 106 Å². The van der Waals surface area contributed by atoms with E-state index in [-0.39, 0.29) is 11.8 Å². The summed E-state index contributed by atoms with van der Waals surface area (Å²) in [6.45, 7) is 16.0. The highest BCUT2D eigenvalue weighted by atomic mass is 79.9. The molecule has 0 bridgehead atoms. The Balaban J connectivity index is 0.000000733. The molecule has 1 fully saturated rings. The summed E-state index contributed by atoms with van der Waals surface area (Å²) in [6, 6.07) is 15.7. The van der Waals surface area contributed by atoms with Crippen molar-refractivity contribution in [3.05, 3.63) is 94.2 Å². The van der Waals surface area contributed by atoms with Crippen molar-refractivity contribution in [1.82, 2.24) is 39.5 Å². The van der Waals surface area contributed by atoms with Gasteiger partial charge in [0.05, 0.1) is 22.1 Å². The molecule has 1 aliphatic heterocycles. The largest absolute Gasteiger partial charge is 0.366 e. The lowest BCUT2D eigenvalue weighted by Gasteiger charge is -2.31. The van der Waals surface area contributed by atoms with E-state index in [9.17, 15) is 4.79 Å². The quantitative estimate of drug-likeness (QED) is 0.195.